The van der Waals surface area contributed by atoms with Crippen LogP contribution in [0.5, 0.6) is 0 Å². The molecular formula is C13H19FN2O2S. The molecule has 1 unspecified atom stereocenters. The molecule has 6 heteroatoms. The minimum atomic E-state index is -3.60. The van der Waals surface area contributed by atoms with Gasteiger partial charge in [-0.05, 0) is 56.5 Å². The molecule has 1 aliphatic heterocycles. The standard InChI is InChI=1S/C13H19FN2O2S/c1-10-2-3-12(8-13(10)14)19(17,18)16-7-5-11-4-6-15-9-11/h2-3,8,11,15-16H,4-7,9H2,1H3. The van der Waals surface area contributed by atoms with E-state index in [9.17, 15) is 12.8 Å². The van der Waals surface area contributed by atoms with Gasteiger partial charge < -0.3 is 5.32 Å². The maximum atomic E-state index is 13.4. The van der Waals surface area contributed by atoms with Crippen molar-refractivity contribution in [3.8, 4) is 0 Å². The van der Waals surface area contributed by atoms with E-state index < -0.39 is 15.8 Å². The third-order valence-electron chi connectivity index (χ3n) is 3.46. The molecule has 1 saturated heterocycles. The molecule has 1 atom stereocenters. The summed E-state index contributed by atoms with van der Waals surface area (Å²) in [4.78, 5) is -0.0138. The Bertz CT molecular complexity index is 540. The zero-order valence-electron chi connectivity index (χ0n) is 10.9. The molecule has 1 aromatic rings. The van der Waals surface area contributed by atoms with Gasteiger partial charge in [-0.25, -0.2) is 17.5 Å². The highest BCUT2D eigenvalue weighted by Gasteiger charge is 2.18. The number of nitrogens with one attached hydrogen (secondary N) is 2. The molecule has 19 heavy (non-hydrogen) atoms. The van der Waals surface area contributed by atoms with Gasteiger partial charge in [0.2, 0.25) is 10.0 Å². The molecule has 4 nitrogen and oxygen atoms in total. The van der Waals surface area contributed by atoms with Crippen molar-refractivity contribution in [2.75, 3.05) is 19.6 Å². The van der Waals surface area contributed by atoms with Gasteiger partial charge in [-0.1, -0.05) is 6.07 Å². The highest BCUT2D eigenvalue weighted by molar-refractivity contribution is 7.89. The molecule has 1 aliphatic rings. The van der Waals surface area contributed by atoms with Crippen molar-refractivity contribution in [2.24, 2.45) is 5.92 Å². The highest BCUT2D eigenvalue weighted by atomic mass is 32.2. The zero-order chi connectivity index (χ0) is 13.9. The maximum absolute atomic E-state index is 13.4. The van der Waals surface area contributed by atoms with Crippen LogP contribution in [0.4, 0.5) is 4.39 Å². The lowest BCUT2D eigenvalue weighted by Gasteiger charge is -2.10. The highest BCUT2D eigenvalue weighted by Crippen LogP contribution is 2.15. The van der Waals surface area contributed by atoms with Crippen molar-refractivity contribution in [2.45, 2.75) is 24.7 Å². The van der Waals surface area contributed by atoms with Crippen molar-refractivity contribution in [1.29, 1.82) is 0 Å². The summed E-state index contributed by atoms with van der Waals surface area (Å²) in [7, 11) is -3.60. The molecule has 0 radical (unpaired) electrons. The van der Waals surface area contributed by atoms with Crippen molar-refractivity contribution in [3.63, 3.8) is 0 Å². The number of hydrogen-bond donors (Lipinski definition) is 2. The van der Waals surface area contributed by atoms with E-state index >= 15 is 0 Å². The molecule has 0 aromatic heterocycles. The molecule has 2 N–H and O–H groups in total. The summed E-state index contributed by atoms with van der Waals surface area (Å²) >= 11 is 0. The Kier molecular flexibility index (Phi) is 4.54. The summed E-state index contributed by atoms with van der Waals surface area (Å²) in [6.45, 7) is 3.94. The largest absolute Gasteiger partial charge is 0.316 e. The molecule has 0 aliphatic carbocycles. The van der Waals surface area contributed by atoms with Crippen LogP contribution in [0.3, 0.4) is 0 Å². The molecule has 0 saturated carbocycles. The Balaban J connectivity index is 1.95. The van der Waals surface area contributed by atoms with E-state index in [4.69, 9.17) is 0 Å². The lowest BCUT2D eigenvalue weighted by molar-refractivity contribution is 0.519. The van der Waals surface area contributed by atoms with Gasteiger partial charge in [-0.15, -0.1) is 0 Å². The van der Waals surface area contributed by atoms with Crippen LogP contribution in [0.15, 0.2) is 23.1 Å². The molecule has 1 fully saturated rings. The van der Waals surface area contributed by atoms with E-state index in [2.05, 4.69) is 10.0 Å². The van der Waals surface area contributed by atoms with E-state index in [1.807, 2.05) is 0 Å². The quantitative estimate of drug-likeness (QED) is 0.860. The molecule has 1 aromatic carbocycles. The van der Waals surface area contributed by atoms with Gasteiger partial charge in [-0.3, -0.25) is 0 Å². The monoisotopic (exact) mass is 286 g/mol. The Morgan fingerprint density at radius 1 is 1.47 bits per heavy atom. The average Bonchev–Trinajstić information content (AvgIpc) is 2.85. The second-order valence-electron chi connectivity index (χ2n) is 4.96. The van der Waals surface area contributed by atoms with Crippen LogP contribution in [-0.4, -0.2) is 28.1 Å². The van der Waals surface area contributed by atoms with Crippen LogP contribution in [0.25, 0.3) is 0 Å². The molecule has 0 spiro atoms. The smallest absolute Gasteiger partial charge is 0.240 e. The summed E-state index contributed by atoms with van der Waals surface area (Å²) in [5, 5.41) is 3.24. The van der Waals surface area contributed by atoms with E-state index in [1.54, 1.807) is 6.92 Å². The van der Waals surface area contributed by atoms with Gasteiger partial charge in [0.1, 0.15) is 5.82 Å². The minimum absolute atomic E-state index is 0.0138. The van der Waals surface area contributed by atoms with Crippen LogP contribution in [0, 0.1) is 18.7 Å². The fourth-order valence-electron chi connectivity index (χ4n) is 2.18. The fraction of sp³-hybridized carbons (Fsp3) is 0.538. The Hall–Kier alpha value is -0.980. The predicted molar refractivity (Wildman–Crippen MR) is 71.9 cm³/mol. The minimum Gasteiger partial charge on any atom is -0.316 e. The molecule has 0 amide bonds. The first-order valence-electron chi connectivity index (χ1n) is 6.45. The topological polar surface area (TPSA) is 58.2 Å². The summed E-state index contributed by atoms with van der Waals surface area (Å²) in [6.07, 6.45) is 1.89. The maximum Gasteiger partial charge on any atom is 0.240 e. The summed E-state index contributed by atoms with van der Waals surface area (Å²) in [5.41, 5.74) is 0.441. The van der Waals surface area contributed by atoms with E-state index in [0.29, 0.717) is 18.0 Å². The molecular weight excluding hydrogens is 267 g/mol. The van der Waals surface area contributed by atoms with E-state index in [1.165, 1.54) is 12.1 Å². The summed E-state index contributed by atoms with van der Waals surface area (Å²) in [5.74, 6) is 0.0281. The van der Waals surface area contributed by atoms with Crippen molar-refractivity contribution < 1.29 is 12.8 Å². The average molecular weight is 286 g/mol. The third kappa shape index (κ3) is 3.75. The van der Waals surface area contributed by atoms with Gasteiger partial charge in [0.05, 0.1) is 4.90 Å². The first kappa shape index (κ1) is 14.4. The zero-order valence-corrected chi connectivity index (χ0v) is 11.8. The number of benzene rings is 1. The summed E-state index contributed by atoms with van der Waals surface area (Å²) < 4.78 is 39.9. The van der Waals surface area contributed by atoms with Crippen LogP contribution in [0.1, 0.15) is 18.4 Å². The molecule has 2 rings (SSSR count). The number of aryl methyl sites for hydroxylation is 1. The van der Waals surface area contributed by atoms with Crippen LogP contribution >= 0.6 is 0 Å². The molecule has 1 heterocycles. The molecule has 0 bridgehead atoms. The Morgan fingerprint density at radius 2 is 2.26 bits per heavy atom. The lowest BCUT2D eigenvalue weighted by Crippen LogP contribution is -2.26. The predicted octanol–water partition coefficient (Wildman–Crippen LogP) is 1.41. The fourth-order valence-corrected chi connectivity index (χ4v) is 3.24. The second-order valence-corrected chi connectivity index (χ2v) is 6.72. The summed E-state index contributed by atoms with van der Waals surface area (Å²) in [6, 6.07) is 3.97. The van der Waals surface area contributed by atoms with Gasteiger partial charge in [0, 0.05) is 6.54 Å². The van der Waals surface area contributed by atoms with Crippen molar-refractivity contribution in [3.05, 3.63) is 29.6 Å². The Morgan fingerprint density at radius 3 is 2.89 bits per heavy atom. The van der Waals surface area contributed by atoms with Crippen LogP contribution < -0.4 is 10.0 Å². The Labute approximate surface area is 113 Å². The first-order chi connectivity index (χ1) is 8.99. The van der Waals surface area contributed by atoms with Crippen LogP contribution in [-0.2, 0) is 10.0 Å². The number of halogens is 1. The van der Waals surface area contributed by atoms with Gasteiger partial charge in [-0.2, -0.15) is 0 Å². The van der Waals surface area contributed by atoms with E-state index in [-0.39, 0.29) is 4.90 Å². The van der Waals surface area contributed by atoms with Gasteiger partial charge in [0.15, 0.2) is 0 Å². The van der Waals surface area contributed by atoms with Crippen molar-refractivity contribution >= 4 is 10.0 Å². The lowest BCUT2D eigenvalue weighted by atomic mass is 10.1. The normalized spacial score (nSPS) is 19.8. The van der Waals surface area contributed by atoms with Crippen molar-refractivity contribution in [1.82, 2.24) is 10.0 Å². The number of rotatable bonds is 5. The number of hydrogen-bond acceptors (Lipinski definition) is 3. The second kappa shape index (κ2) is 5.98. The van der Waals surface area contributed by atoms with Gasteiger partial charge >= 0.3 is 0 Å². The number of sulfonamides is 1. The third-order valence-corrected chi connectivity index (χ3v) is 4.92. The van der Waals surface area contributed by atoms with E-state index in [0.717, 1.165) is 32.0 Å². The first-order valence-corrected chi connectivity index (χ1v) is 7.94. The SMILES string of the molecule is Cc1ccc(S(=O)(=O)NCCC2CCNC2)cc1F. The molecule has 106 valence electrons. The van der Waals surface area contributed by atoms with Gasteiger partial charge in [0.25, 0.3) is 0 Å². The van der Waals surface area contributed by atoms with Crippen LogP contribution in [0.2, 0.25) is 0 Å².